The SMILES string of the molecule is CCOC(=O)C(CC(C)C)n1cc(CCN(C)C)cc(C)c1=O. The number of esters is 1. The second-order valence-electron chi connectivity index (χ2n) is 6.69. The molecule has 0 bridgehead atoms. The molecule has 0 fully saturated rings. The topological polar surface area (TPSA) is 51.5 Å². The zero-order chi connectivity index (χ0) is 17.6. The van der Waals surface area contributed by atoms with Crippen LogP contribution in [0.15, 0.2) is 17.1 Å². The third-order valence-electron chi connectivity index (χ3n) is 3.72. The van der Waals surface area contributed by atoms with Gasteiger partial charge in [0.15, 0.2) is 0 Å². The number of pyridine rings is 1. The first-order chi connectivity index (χ1) is 10.8. The Balaban J connectivity index is 3.22. The van der Waals surface area contributed by atoms with E-state index in [4.69, 9.17) is 4.74 Å². The van der Waals surface area contributed by atoms with Crippen molar-refractivity contribution in [3.05, 3.63) is 33.7 Å². The summed E-state index contributed by atoms with van der Waals surface area (Å²) in [5.41, 5.74) is 1.62. The summed E-state index contributed by atoms with van der Waals surface area (Å²) in [7, 11) is 4.03. The number of hydrogen-bond acceptors (Lipinski definition) is 4. The summed E-state index contributed by atoms with van der Waals surface area (Å²) < 4.78 is 6.75. The van der Waals surface area contributed by atoms with Gasteiger partial charge in [-0.3, -0.25) is 4.79 Å². The highest BCUT2D eigenvalue weighted by Crippen LogP contribution is 2.19. The Labute approximate surface area is 139 Å². The van der Waals surface area contributed by atoms with Crippen molar-refractivity contribution in [3.63, 3.8) is 0 Å². The fraction of sp³-hybridized carbons (Fsp3) is 0.667. The van der Waals surface area contributed by atoms with Gasteiger partial charge < -0.3 is 14.2 Å². The second-order valence-corrected chi connectivity index (χ2v) is 6.69. The number of aryl methyl sites for hydroxylation is 1. The van der Waals surface area contributed by atoms with Crippen LogP contribution in [0.1, 0.15) is 44.4 Å². The van der Waals surface area contributed by atoms with Crippen LogP contribution in [0.25, 0.3) is 0 Å². The summed E-state index contributed by atoms with van der Waals surface area (Å²) in [6, 6.07) is 1.36. The molecule has 5 nitrogen and oxygen atoms in total. The van der Waals surface area contributed by atoms with E-state index in [0.717, 1.165) is 18.5 Å². The van der Waals surface area contributed by atoms with E-state index in [1.165, 1.54) is 0 Å². The molecule has 0 amide bonds. The fourth-order valence-electron chi connectivity index (χ4n) is 2.55. The third kappa shape index (κ3) is 5.82. The van der Waals surface area contributed by atoms with Crippen LogP contribution in [-0.2, 0) is 16.0 Å². The lowest BCUT2D eigenvalue weighted by molar-refractivity contribution is -0.147. The quantitative estimate of drug-likeness (QED) is 0.690. The molecule has 0 aliphatic carbocycles. The summed E-state index contributed by atoms with van der Waals surface area (Å²) in [5.74, 6) is -0.0329. The molecule has 1 aromatic rings. The van der Waals surface area contributed by atoms with Crippen LogP contribution in [0.2, 0.25) is 0 Å². The van der Waals surface area contributed by atoms with Crippen LogP contribution in [0.5, 0.6) is 0 Å². The van der Waals surface area contributed by atoms with Gasteiger partial charge >= 0.3 is 5.97 Å². The van der Waals surface area contributed by atoms with Gasteiger partial charge in [-0.1, -0.05) is 13.8 Å². The van der Waals surface area contributed by atoms with Crippen molar-refractivity contribution >= 4 is 5.97 Å². The van der Waals surface area contributed by atoms with E-state index in [1.54, 1.807) is 18.4 Å². The number of aromatic nitrogens is 1. The lowest BCUT2D eigenvalue weighted by atomic mass is 10.0. The highest BCUT2D eigenvalue weighted by Gasteiger charge is 2.24. The normalized spacial score (nSPS) is 12.7. The molecule has 0 aliphatic heterocycles. The van der Waals surface area contributed by atoms with Crippen LogP contribution in [0.3, 0.4) is 0 Å². The molecule has 130 valence electrons. The van der Waals surface area contributed by atoms with E-state index in [9.17, 15) is 9.59 Å². The Hall–Kier alpha value is -1.62. The van der Waals surface area contributed by atoms with Gasteiger partial charge in [0.2, 0.25) is 0 Å². The van der Waals surface area contributed by atoms with E-state index in [1.807, 2.05) is 40.2 Å². The van der Waals surface area contributed by atoms with Crippen LogP contribution < -0.4 is 5.56 Å². The van der Waals surface area contributed by atoms with Crippen molar-refractivity contribution in [1.29, 1.82) is 0 Å². The molecule has 1 unspecified atom stereocenters. The molecule has 0 radical (unpaired) electrons. The molecule has 1 rings (SSSR count). The fourth-order valence-corrected chi connectivity index (χ4v) is 2.55. The van der Waals surface area contributed by atoms with E-state index in [-0.39, 0.29) is 11.5 Å². The van der Waals surface area contributed by atoms with Crippen molar-refractivity contribution in [1.82, 2.24) is 9.47 Å². The van der Waals surface area contributed by atoms with Crippen molar-refractivity contribution in [2.24, 2.45) is 5.92 Å². The molecular weight excluding hydrogens is 292 g/mol. The molecule has 0 saturated heterocycles. The minimum absolute atomic E-state index is 0.114. The van der Waals surface area contributed by atoms with Gasteiger partial charge in [-0.2, -0.15) is 0 Å². The monoisotopic (exact) mass is 322 g/mol. The van der Waals surface area contributed by atoms with E-state index < -0.39 is 6.04 Å². The predicted molar refractivity (Wildman–Crippen MR) is 92.8 cm³/mol. The molecule has 0 spiro atoms. The minimum Gasteiger partial charge on any atom is -0.464 e. The molecule has 1 heterocycles. The summed E-state index contributed by atoms with van der Waals surface area (Å²) in [5, 5.41) is 0. The molecular formula is C18H30N2O3. The number of nitrogens with zero attached hydrogens (tertiary/aromatic N) is 2. The van der Waals surface area contributed by atoms with Crippen molar-refractivity contribution < 1.29 is 9.53 Å². The number of carbonyl (C=O) groups is 1. The summed E-state index contributed by atoms with van der Waals surface area (Å²) in [4.78, 5) is 27.0. The van der Waals surface area contributed by atoms with Gasteiger partial charge in [-0.25, -0.2) is 4.79 Å². The molecule has 1 atom stereocenters. The van der Waals surface area contributed by atoms with Crippen LogP contribution in [-0.4, -0.2) is 42.7 Å². The highest BCUT2D eigenvalue weighted by molar-refractivity contribution is 5.74. The van der Waals surface area contributed by atoms with Crippen molar-refractivity contribution in [2.75, 3.05) is 27.2 Å². The largest absolute Gasteiger partial charge is 0.464 e. The first-order valence-electron chi connectivity index (χ1n) is 8.29. The zero-order valence-electron chi connectivity index (χ0n) is 15.3. The molecule has 0 N–H and O–H groups in total. The van der Waals surface area contributed by atoms with Gasteiger partial charge in [-0.15, -0.1) is 0 Å². The molecule has 5 heteroatoms. The van der Waals surface area contributed by atoms with Gasteiger partial charge in [-0.05, 0) is 58.3 Å². The predicted octanol–water partition coefficient (Wildman–Crippen LogP) is 2.41. The number of ether oxygens (including phenoxy) is 1. The van der Waals surface area contributed by atoms with Crippen molar-refractivity contribution in [2.45, 2.75) is 46.6 Å². The molecule has 0 aliphatic rings. The average Bonchev–Trinajstić information content (AvgIpc) is 2.46. The maximum absolute atomic E-state index is 12.5. The first kappa shape index (κ1) is 19.4. The van der Waals surface area contributed by atoms with Crippen LogP contribution in [0.4, 0.5) is 0 Å². The van der Waals surface area contributed by atoms with Gasteiger partial charge in [0, 0.05) is 18.3 Å². The summed E-state index contributed by atoms with van der Waals surface area (Å²) in [6.45, 7) is 8.88. The van der Waals surface area contributed by atoms with Gasteiger partial charge in [0.25, 0.3) is 5.56 Å². The lowest BCUT2D eigenvalue weighted by Crippen LogP contribution is -2.33. The molecule has 23 heavy (non-hydrogen) atoms. The third-order valence-corrected chi connectivity index (χ3v) is 3.72. The Kier molecular flexibility index (Phi) is 7.49. The molecule has 1 aromatic heterocycles. The van der Waals surface area contributed by atoms with Gasteiger partial charge in [0.1, 0.15) is 6.04 Å². The lowest BCUT2D eigenvalue weighted by Gasteiger charge is -2.22. The smallest absolute Gasteiger partial charge is 0.329 e. The second kappa shape index (κ2) is 8.87. The number of rotatable bonds is 8. The summed E-state index contributed by atoms with van der Waals surface area (Å²) >= 11 is 0. The summed E-state index contributed by atoms with van der Waals surface area (Å²) in [6.07, 6.45) is 3.25. The first-order valence-corrected chi connectivity index (χ1v) is 8.29. The van der Waals surface area contributed by atoms with E-state index in [2.05, 4.69) is 4.90 Å². The Morgan fingerprint density at radius 1 is 1.35 bits per heavy atom. The van der Waals surface area contributed by atoms with Crippen LogP contribution in [0, 0.1) is 12.8 Å². The van der Waals surface area contributed by atoms with Crippen molar-refractivity contribution in [3.8, 4) is 0 Å². The highest BCUT2D eigenvalue weighted by atomic mass is 16.5. The van der Waals surface area contributed by atoms with Gasteiger partial charge in [0.05, 0.1) is 6.61 Å². The standard InChI is InChI=1S/C18H30N2O3/c1-7-23-18(22)16(10-13(2)3)20-12-15(8-9-19(5)6)11-14(4)17(20)21/h11-13,16H,7-10H2,1-6H3. The van der Waals surface area contributed by atoms with E-state index >= 15 is 0 Å². The van der Waals surface area contributed by atoms with Crippen LogP contribution >= 0.6 is 0 Å². The number of carbonyl (C=O) groups excluding carboxylic acids is 1. The Morgan fingerprint density at radius 3 is 2.52 bits per heavy atom. The number of hydrogen-bond donors (Lipinski definition) is 0. The minimum atomic E-state index is -0.555. The molecule has 0 aromatic carbocycles. The van der Waals surface area contributed by atoms with E-state index in [0.29, 0.717) is 24.5 Å². The maximum atomic E-state index is 12.5. The molecule has 0 saturated carbocycles. The maximum Gasteiger partial charge on any atom is 0.329 e. The number of likely N-dealkylation sites (N-methyl/N-ethyl adjacent to an activating group) is 1. The Morgan fingerprint density at radius 2 is 2.00 bits per heavy atom. The Bertz CT molecular complexity index is 576. The average molecular weight is 322 g/mol. The zero-order valence-corrected chi connectivity index (χ0v) is 15.3.